The lowest BCUT2D eigenvalue weighted by atomic mass is 9.92. The fourth-order valence-corrected chi connectivity index (χ4v) is 3.95. The lowest BCUT2D eigenvalue weighted by Crippen LogP contribution is -3.15. The van der Waals surface area contributed by atoms with Crippen molar-refractivity contribution < 1.29 is 14.5 Å². The quantitative estimate of drug-likeness (QED) is 0.659. The fraction of sp³-hybridized carbons (Fsp3) is 0.600. The Kier molecular flexibility index (Phi) is 7.45. The summed E-state index contributed by atoms with van der Waals surface area (Å²) in [6.45, 7) is 12.9. The zero-order chi connectivity index (χ0) is 19.1. The predicted molar refractivity (Wildman–Crippen MR) is 104 cm³/mol. The topological polar surface area (TPSA) is 65.9 Å². The largest absolute Gasteiger partial charge is 0.372 e. The van der Waals surface area contributed by atoms with Crippen molar-refractivity contribution in [3.8, 4) is 0 Å². The molecular weight excluding hydrogens is 328 g/mol. The molecular formula is C20H33N4O2+. The van der Waals surface area contributed by atoms with Gasteiger partial charge in [0.1, 0.15) is 0 Å². The normalized spacial score (nSPS) is 22.5. The highest BCUT2D eigenvalue weighted by Crippen LogP contribution is 2.14. The van der Waals surface area contributed by atoms with Crippen molar-refractivity contribution in [2.24, 2.45) is 11.8 Å². The molecule has 1 aromatic rings. The summed E-state index contributed by atoms with van der Waals surface area (Å²) in [5.74, 6) is 0.843. The number of benzene rings is 1. The van der Waals surface area contributed by atoms with Crippen molar-refractivity contribution in [2.45, 2.75) is 34.1 Å². The van der Waals surface area contributed by atoms with Gasteiger partial charge in [0.25, 0.3) is 11.8 Å². The van der Waals surface area contributed by atoms with E-state index >= 15 is 0 Å². The molecule has 0 saturated carbocycles. The van der Waals surface area contributed by atoms with Gasteiger partial charge in [-0.25, -0.2) is 0 Å². The van der Waals surface area contributed by atoms with Crippen LogP contribution in [0.2, 0.25) is 0 Å². The van der Waals surface area contributed by atoms with E-state index in [1.165, 1.54) is 11.3 Å². The van der Waals surface area contributed by atoms with Gasteiger partial charge in [-0.1, -0.05) is 13.8 Å². The first kappa shape index (κ1) is 20.2. The first-order valence-corrected chi connectivity index (χ1v) is 9.70. The van der Waals surface area contributed by atoms with Gasteiger partial charge in [-0.05, 0) is 44.5 Å². The monoisotopic (exact) mass is 361 g/mol. The third-order valence-corrected chi connectivity index (χ3v) is 5.06. The van der Waals surface area contributed by atoms with Crippen LogP contribution in [0.5, 0.6) is 0 Å². The number of likely N-dealkylation sites (tertiary alicyclic amines) is 1. The van der Waals surface area contributed by atoms with Gasteiger partial charge in [0.15, 0.2) is 6.54 Å². The zero-order valence-corrected chi connectivity index (χ0v) is 16.5. The number of hydrogen-bond acceptors (Lipinski definition) is 3. The SMILES string of the molecule is CCN(CC)c1ccc(C(=O)NNC(=O)C[NH+]2C[C@@H](C)C[C@H](C)C2)cc1. The van der Waals surface area contributed by atoms with Gasteiger partial charge in [0.05, 0.1) is 13.1 Å². The standard InChI is InChI=1S/C20H32N4O2/c1-5-24(6-2)18-9-7-17(8-10-18)20(26)22-21-19(25)14-23-12-15(3)11-16(4)13-23/h7-10,15-16H,5-6,11-14H2,1-4H3,(H,21,25)(H,22,26)/p+1/t15-,16-/m0/s1. The number of hydrogen-bond donors (Lipinski definition) is 3. The van der Waals surface area contributed by atoms with Crippen LogP contribution in [0.1, 0.15) is 44.5 Å². The van der Waals surface area contributed by atoms with Gasteiger partial charge in [0.2, 0.25) is 0 Å². The second-order valence-corrected chi connectivity index (χ2v) is 7.50. The van der Waals surface area contributed by atoms with Crippen LogP contribution in [0.3, 0.4) is 0 Å². The Morgan fingerprint density at radius 2 is 1.62 bits per heavy atom. The number of anilines is 1. The number of hydrazine groups is 1. The van der Waals surface area contributed by atoms with E-state index in [2.05, 4.69) is 43.4 Å². The zero-order valence-electron chi connectivity index (χ0n) is 16.5. The third kappa shape index (κ3) is 5.73. The second kappa shape index (κ2) is 9.57. The first-order chi connectivity index (χ1) is 12.4. The number of rotatable bonds is 6. The minimum Gasteiger partial charge on any atom is -0.372 e. The van der Waals surface area contributed by atoms with E-state index in [1.54, 1.807) is 12.1 Å². The average molecular weight is 362 g/mol. The van der Waals surface area contributed by atoms with Crippen LogP contribution in [0.25, 0.3) is 0 Å². The number of quaternary nitrogens is 1. The highest BCUT2D eigenvalue weighted by atomic mass is 16.2. The fourth-order valence-electron chi connectivity index (χ4n) is 3.95. The summed E-state index contributed by atoms with van der Waals surface area (Å²) in [5.41, 5.74) is 6.70. The molecule has 0 radical (unpaired) electrons. The summed E-state index contributed by atoms with van der Waals surface area (Å²) in [5, 5.41) is 0. The number of amides is 2. The first-order valence-electron chi connectivity index (χ1n) is 9.70. The Morgan fingerprint density at radius 1 is 1.04 bits per heavy atom. The molecule has 2 amide bonds. The van der Waals surface area contributed by atoms with E-state index < -0.39 is 0 Å². The molecule has 0 bridgehead atoms. The summed E-state index contributed by atoms with van der Waals surface area (Å²) in [6.07, 6.45) is 1.23. The maximum absolute atomic E-state index is 12.2. The van der Waals surface area contributed by atoms with E-state index in [4.69, 9.17) is 0 Å². The Morgan fingerprint density at radius 3 is 2.15 bits per heavy atom. The summed E-state index contributed by atoms with van der Waals surface area (Å²) in [7, 11) is 0. The third-order valence-electron chi connectivity index (χ3n) is 5.06. The molecule has 2 atom stereocenters. The van der Waals surface area contributed by atoms with E-state index in [-0.39, 0.29) is 11.8 Å². The Labute approximate surface area is 156 Å². The van der Waals surface area contributed by atoms with Gasteiger partial charge >= 0.3 is 0 Å². The van der Waals surface area contributed by atoms with Gasteiger partial charge in [-0.15, -0.1) is 0 Å². The Bertz CT molecular complexity index is 588. The van der Waals surface area contributed by atoms with Crippen LogP contribution in [-0.4, -0.2) is 44.5 Å². The maximum Gasteiger partial charge on any atom is 0.293 e. The highest BCUT2D eigenvalue weighted by molar-refractivity contribution is 5.95. The summed E-state index contributed by atoms with van der Waals surface area (Å²) < 4.78 is 0. The van der Waals surface area contributed by atoms with E-state index in [0.717, 1.165) is 31.9 Å². The van der Waals surface area contributed by atoms with Crippen LogP contribution in [0.15, 0.2) is 24.3 Å². The van der Waals surface area contributed by atoms with Crippen molar-refractivity contribution in [3.63, 3.8) is 0 Å². The average Bonchev–Trinajstić information content (AvgIpc) is 2.60. The molecule has 0 unspecified atom stereocenters. The molecule has 1 heterocycles. The molecule has 1 fully saturated rings. The van der Waals surface area contributed by atoms with Gasteiger partial charge in [-0.3, -0.25) is 20.4 Å². The minimum atomic E-state index is -0.292. The number of carbonyl (C=O) groups is 2. The number of piperidine rings is 1. The molecule has 2 rings (SSSR count). The maximum atomic E-state index is 12.2. The molecule has 0 aromatic heterocycles. The molecule has 3 N–H and O–H groups in total. The lowest BCUT2D eigenvalue weighted by Gasteiger charge is -2.31. The summed E-state index contributed by atoms with van der Waals surface area (Å²) in [4.78, 5) is 27.8. The molecule has 26 heavy (non-hydrogen) atoms. The molecule has 0 spiro atoms. The van der Waals surface area contributed by atoms with Crippen molar-refractivity contribution in [1.29, 1.82) is 0 Å². The molecule has 1 aliphatic heterocycles. The van der Waals surface area contributed by atoms with Gasteiger partial charge < -0.3 is 9.80 Å². The molecule has 1 saturated heterocycles. The smallest absolute Gasteiger partial charge is 0.293 e. The molecule has 1 aromatic carbocycles. The van der Waals surface area contributed by atoms with Crippen LogP contribution < -0.4 is 20.7 Å². The molecule has 6 heteroatoms. The second-order valence-electron chi connectivity index (χ2n) is 7.50. The van der Waals surface area contributed by atoms with Crippen molar-refractivity contribution in [3.05, 3.63) is 29.8 Å². The summed E-state index contributed by atoms with van der Waals surface area (Å²) >= 11 is 0. The van der Waals surface area contributed by atoms with Gasteiger partial charge in [0, 0.05) is 36.2 Å². The van der Waals surface area contributed by atoms with Crippen LogP contribution in [0.4, 0.5) is 5.69 Å². The van der Waals surface area contributed by atoms with Crippen LogP contribution >= 0.6 is 0 Å². The Balaban J connectivity index is 1.81. The van der Waals surface area contributed by atoms with Crippen molar-refractivity contribution in [2.75, 3.05) is 37.6 Å². The van der Waals surface area contributed by atoms with Gasteiger partial charge in [-0.2, -0.15) is 0 Å². The van der Waals surface area contributed by atoms with E-state index in [9.17, 15) is 9.59 Å². The number of nitrogens with one attached hydrogen (secondary N) is 3. The Hall–Kier alpha value is -2.08. The van der Waals surface area contributed by atoms with Crippen molar-refractivity contribution >= 4 is 17.5 Å². The van der Waals surface area contributed by atoms with E-state index in [1.807, 2.05) is 12.1 Å². The molecule has 6 nitrogen and oxygen atoms in total. The molecule has 144 valence electrons. The van der Waals surface area contributed by atoms with Crippen LogP contribution in [0, 0.1) is 11.8 Å². The van der Waals surface area contributed by atoms with Crippen molar-refractivity contribution in [1.82, 2.24) is 10.9 Å². The molecule has 1 aliphatic rings. The number of carbonyl (C=O) groups excluding carboxylic acids is 2. The summed E-state index contributed by atoms with van der Waals surface area (Å²) in [6, 6.07) is 7.44. The molecule has 0 aliphatic carbocycles. The van der Waals surface area contributed by atoms with Crippen LogP contribution in [-0.2, 0) is 4.79 Å². The lowest BCUT2D eigenvalue weighted by molar-refractivity contribution is -0.904. The highest BCUT2D eigenvalue weighted by Gasteiger charge is 2.26. The number of nitrogens with zero attached hydrogens (tertiary/aromatic N) is 1. The predicted octanol–water partition coefficient (Wildman–Crippen LogP) is 0.855. The minimum absolute atomic E-state index is 0.144. The van der Waals surface area contributed by atoms with E-state index in [0.29, 0.717) is 23.9 Å².